The van der Waals surface area contributed by atoms with Crippen molar-refractivity contribution < 1.29 is 0 Å². The van der Waals surface area contributed by atoms with Crippen molar-refractivity contribution >= 4 is 16.9 Å². The molecule has 3 unspecified atom stereocenters. The van der Waals surface area contributed by atoms with Crippen molar-refractivity contribution in [3.8, 4) is 0 Å². The monoisotopic (exact) mass is 244 g/mol. The van der Waals surface area contributed by atoms with Crippen LogP contribution in [0.1, 0.15) is 12.8 Å². The van der Waals surface area contributed by atoms with Gasteiger partial charge in [0.2, 0.25) is 0 Å². The lowest BCUT2D eigenvalue weighted by molar-refractivity contribution is 0.432. The summed E-state index contributed by atoms with van der Waals surface area (Å²) in [5.41, 5.74) is 0.808. The number of H-pyrrole nitrogens is 1. The van der Waals surface area contributed by atoms with Gasteiger partial charge >= 0.3 is 0 Å². The molecule has 2 aromatic heterocycles. The van der Waals surface area contributed by atoms with E-state index in [1.165, 1.54) is 19.4 Å². The van der Waals surface area contributed by atoms with E-state index in [2.05, 4.69) is 37.4 Å². The maximum absolute atomic E-state index is 4.43. The first kappa shape index (κ1) is 10.3. The maximum Gasteiger partial charge on any atom is 0.160 e. The summed E-state index contributed by atoms with van der Waals surface area (Å²) < 4.78 is 0. The third-order valence-electron chi connectivity index (χ3n) is 4.35. The standard InChI is InChI=1S/C12H16N6/c1-18(10-3-7-2-9(10)13-4-7)12-8-5-16-17-11(8)14-6-15-12/h5-7,9-10,13H,2-4H2,1H3,(H,14,15,16,17). The molecule has 2 N–H and O–H groups in total. The van der Waals surface area contributed by atoms with Gasteiger partial charge in [-0.15, -0.1) is 0 Å². The minimum absolute atomic E-state index is 0.539. The number of hydrogen-bond donors (Lipinski definition) is 2. The number of anilines is 1. The van der Waals surface area contributed by atoms with Crippen LogP contribution in [-0.2, 0) is 0 Å². The first-order valence-electron chi connectivity index (χ1n) is 6.43. The molecule has 2 fully saturated rings. The zero-order valence-electron chi connectivity index (χ0n) is 10.3. The van der Waals surface area contributed by atoms with Gasteiger partial charge in [-0.2, -0.15) is 5.10 Å². The lowest BCUT2D eigenvalue weighted by Gasteiger charge is -2.32. The highest BCUT2D eigenvalue weighted by Crippen LogP contribution is 2.36. The second kappa shape index (κ2) is 3.65. The number of nitrogens with zero attached hydrogens (tertiary/aromatic N) is 4. The second-order valence-corrected chi connectivity index (χ2v) is 5.36. The van der Waals surface area contributed by atoms with Gasteiger partial charge in [-0.05, 0) is 25.3 Å². The summed E-state index contributed by atoms with van der Waals surface area (Å²) in [6, 6.07) is 1.15. The number of piperidine rings is 1. The van der Waals surface area contributed by atoms with Gasteiger partial charge in [-0.3, -0.25) is 5.10 Å². The fraction of sp³-hybridized carbons (Fsp3) is 0.583. The molecule has 1 saturated carbocycles. The Morgan fingerprint density at radius 3 is 3.06 bits per heavy atom. The van der Waals surface area contributed by atoms with Crippen molar-refractivity contribution in [2.45, 2.75) is 24.9 Å². The number of likely N-dealkylation sites (N-methyl/N-ethyl adjacent to an activating group) is 1. The van der Waals surface area contributed by atoms with Crippen LogP contribution in [0.2, 0.25) is 0 Å². The molecule has 6 heteroatoms. The van der Waals surface area contributed by atoms with Crippen LogP contribution in [0, 0.1) is 5.92 Å². The van der Waals surface area contributed by atoms with Gasteiger partial charge in [0.1, 0.15) is 12.1 Å². The molecule has 0 aromatic carbocycles. The van der Waals surface area contributed by atoms with Crippen LogP contribution in [0.4, 0.5) is 5.82 Å². The molecule has 0 amide bonds. The average molecular weight is 244 g/mol. The molecule has 3 heterocycles. The van der Waals surface area contributed by atoms with Gasteiger partial charge in [0.25, 0.3) is 0 Å². The highest BCUT2D eigenvalue weighted by molar-refractivity contribution is 5.86. The summed E-state index contributed by atoms with van der Waals surface area (Å²) in [5, 5.41) is 11.5. The van der Waals surface area contributed by atoms with Crippen LogP contribution in [0.5, 0.6) is 0 Å². The predicted molar refractivity (Wildman–Crippen MR) is 68.4 cm³/mol. The predicted octanol–water partition coefficient (Wildman–Crippen LogP) is 0.539. The SMILES string of the molecule is CN(c1ncnc2[nH]ncc12)C1CC2CNC1C2. The molecule has 2 aliphatic rings. The quantitative estimate of drug-likeness (QED) is 0.807. The summed E-state index contributed by atoms with van der Waals surface area (Å²) in [7, 11) is 2.13. The summed E-state index contributed by atoms with van der Waals surface area (Å²) in [6.07, 6.45) is 5.97. The molecule has 1 aliphatic carbocycles. The summed E-state index contributed by atoms with van der Waals surface area (Å²) >= 11 is 0. The van der Waals surface area contributed by atoms with Crippen LogP contribution < -0.4 is 10.2 Å². The Hall–Kier alpha value is -1.69. The van der Waals surface area contributed by atoms with Crippen molar-refractivity contribution in [1.29, 1.82) is 0 Å². The molecule has 1 aliphatic heterocycles. The number of nitrogens with one attached hydrogen (secondary N) is 2. The first-order valence-corrected chi connectivity index (χ1v) is 6.43. The maximum atomic E-state index is 4.43. The topological polar surface area (TPSA) is 69.7 Å². The van der Waals surface area contributed by atoms with Crippen LogP contribution in [0.15, 0.2) is 12.5 Å². The Balaban J connectivity index is 1.72. The van der Waals surface area contributed by atoms with E-state index in [4.69, 9.17) is 0 Å². The molecule has 2 bridgehead atoms. The molecule has 0 spiro atoms. The van der Waals surface area contributed by atoms with Crippen molar-refractivity contribution in [2.75, 3.05) is 18.5 Å². The third-order valence-corrected chi connectivity index (χ3v) is 4.35. The van der Waals surface area contributed by atoms with Gasteiger partial charge in [-0.1, -0.05) is 0 Å². The molecule has 4 rings (SSSR count). The minimum atomic E-state index is 0.539. The normalized spacial score (nSPS) is 30.2. The number of aromatic nitrogens is 4. The fourth-order valence-electron chi connectivity index (χ4n) is 3.44. The zero-order valence-corrected chi connectivity index (χ0v) is 10.3. The molecule has 94 valence electrons. The van der Waals surface area contributed by atoms with Gasteiger partial charge in [-0.25, -0.2) is 9.97 Å². The second-order valence-electron chi connectivity index (χ2n) is 5.36. The average Bonchev–Trinajstić information content (AvgIpc) is 3.12. The molecule has 3 atom stereocenters. The minimum Gasteiger partial charge on any atom is -0.354 e. The first-order chi connectivity index (χ1) is 8.83. The van der Waals surface area contributed by atoms with E-state index in [0.29, 0.717) is 12.1 Å². The van der Waals surface area contributed by atoms with Crippen molar-refractivity contribution in [1.82, 2.24) is 25.5 Å². The highest BCUT2D eigenvalue weighted by atomic mass is 15.3. The highest BCUT2D eigenvalue weighted by Gasteiger charge is 2.41. The van der Waals surface area contributed by atoms with Gasteiger partial charge < -0.3 is 10.2 Å². The van der Waals surface area contributed by atoms with Crippen molar-refractivity contribution in [3.63, 3.8) is 0 Å². The van der Waals surface area contributed by atoms with Crippen LogP contribution in [-0.4, -0.2) is 45.8 Å². The Morgan fingerprint density at radius 2 is 2.28 bits per heavy atom. The smallest absolute Gasteiger partial charge is 0.160 e. The van der Waals surface area contributed by atoms with Gasteiger partial charge in [0.05, 0.1) is 11.6 Å². The van der Waals surface area contributed by atoms with E-state index in [-0.39, 0.29) is 0 Å². The lowest BCUT2D eigenvalue weighted by Crippen LogP contribution is -2.47. The molecule has 0 radical (unpaired) electrons. The summed E-state index contributed by atoms with van der Waals surface area (Å²) in [6.45, 7) is 1.18. The van der Waals surface area contributed by atoms with Crippen LogP contribution in [0.25, 0.3) is 11.0 Å². The van der Waals surface area contributed by atoms with E-state index >= 15 is 0 Å². The molecular weight excluding hydrogens is 228 g/mol. The largest absolute Gasteiger partial charge is 0.354 e. The molecule has 2 aromatic rings. The van der Waals surface area contributed by atoms with Crippen LogP contribution in [0.3, 0.4) is 0 Å². The Morgan fingerprint density at radius 1 is 1.33 bits per heavy atom. The fourth-order valence-corrected chi connectivity index (χ4v) is 3.44. The lowest BCUT2D eigenvalue weighted by atomic mass is 10.1. The zero-order chi connectivity index (χ0) is 12.1. The number of rotatable bonds is 2. The number of aromatic amines is 1. The van der Waals surface area contributed by atoms with Gasteiger partial charge in [0, 0.05) is 19.1 Å². The van der Waals surface area contributed by atoms with E-state index in [0.717, 1.165) is 22.8 Å². The van der Waals surface area contributed by atoms with E-state index < -0.39 is 0 Å². The third kappa shape index (κ3) is 1.35. The molecular formula is C12H16N6. The molecule has 18 heavy (non-hydrogen) atoms. The van der Waals surface area contributed by atoms with Crippen molar-refractivity contribution in [2.24, 2.45) is 5.92 Å². The van der Waals surface area contributed by atoms with Crippen LogP contribution >= 0.6 is 0 Å². The Kier molecular flexibility index (Phi) is 2.08. The Labute approximate surface area is 105 Å². The number of hydrogen-bond acceptors (Lipinski definition) is 5. The Bertz CT molecular complexity index is 579. The van der Waals surface area contributed by atoms with E-state index in [9.17, 15) is 0 Å². The van der Waals surface area contributed by atoms with Gasteiger partial charge in [0.15, 0.2) is 5.65 Å². The molecule has 1 saturated heterocycles. The van der Waals surface area contributed by atoms with E-state index in [1.54, 1.807) is 6.33 Å². The summed E-state index contributed by atoms with van der Waals surface area (Å²) in [4.78, 5) is 10.9. The number of fused-ring (bicyclic) bond motifs is 3. The summed E-state index contributed by atoms with van der Waals surface area (Å²) in [5.74, 6) is 1.82. The van der Waals surface area contributed by atoms with E-state index in [1.807, 2.05) is 6.20 Å². The van der Waals surface area contributed by atoms with Crippen molar-refractivity contribution in [3.05, 3.63) is 12.5 Å². The molecule has 6 nitrogen and oxygen atoms in total.